The van der Waals surface area contributed by atoms with Crippen LogP contribution in [0.1, 0.15) is 19.3 Å². The van der Waals surface area contributed by atoms with Crippen LogP contribution in [0.3, 0.4) is 0 Å². The molecule has 0 aromatic heterocycles. The molecule has 0 saturated carbocycles. The van der Waals surface area contributed by atoms with Crippen molar-refractivity contribution in [3.63, 3.8) is 0 Å². The van der Waals surface area contributed by atoms with E-state index in [0.29, 0.717) is 0 Å². The zero-order valence-corrected chi connectivity index (χ0v) is 9.25. The molecular formula is C7H15AgOSi. The zero-order valence-electron chi connectivity index (χ0n) is 6.62. The van der Waals surface area contributed by atoms with Gasteiger partial charge in [0.05, 0.1) is 0 Å². The molecule has 1 rings (SSSR count). The Morgan fingerprint density at radius 1 is 1.40 bits per heavy atom. The Hall–Kier alpha value is 0.917. The topological polar surface area (TPSA) is 9.23 Å². The fraction of sp³-hybridized carbons (Fsp3) is 1.00. The van der Waals surface area contributed by atoms with Crippen LogP contribution in [-0.2, 0) is 25.8 Å². The van der Waals surface area contributed by atoms with Crippen molar-refractivity contribution >= 4 is 8.80 Å². The van der Waals surface area contributed by atoms with Gasteiger partial charge >= 0.3 is 77.0 Å². The van der Waals surface area contributed by atoms with E-state index in [-0.39, 0.29) is 3.44 Å². The molecule has 1 aliphatic heterocycles. The van der Waals surface area contributed by atoms with Crippen molar-refractivity contribution in [2.24, 2.45) is 0 Å². The van der Waals surface area contributed by atoms with Crippen LogP contribution in [0.5, 0.6) is 0 Å². The van der Waals surface area contributed by atoms with Crippen LogP contribution < -0.4 is 0 Å². The summed E-state index contributed by atoms with van der Waals surface area (Å²) in [5.74, 6) is 0. The first kappa shape index (κ1) is 9.01. The van der Waals surface area contributed by atoms with Gasteiger partial charge in [-0.15, -0.1) is 0 Å². The molecule has 0 N–H and O–H groups in total. The predicted octanol–water partition coefficient (Wildman–Crippen LogP) is 1.46. The number of ether oxygens (including phenoxy) is 1. The van der Waals surface area contributed by atoms with E-state index in [0.717, 1.165) is 6.61 Å². The van der Waals surface area contributed by atoms with Crippen molar-refractivity contribution in [2.75, 3.05) is 6.61 Å². The summed E-state index contributed by atoms with van der Waals surface area (Å²) in [6, 6.07) is 0. The fourth-order valence-electron chi connectivity index (χ4n) is 1.22. The zero-order chi connectivity index (χ0) is 7.61. The van der Waals surface area contributed by atoms with Gasteiger partial charge in [-0.1, -0.05) is 0 Å². The van der Waals surface area contributed by atoms with Crippen molar-refractivity contribution in [1.82, 2.24) is 0 Å². The average Bonchev–Trinajstić information content (AvgIpc) is 1.89. The number of hydrogen-bond donors (Lipinski definition) is 0. The van der Waals surface area contributed by atoms with E-state index >= 15 is 0 Å². The molecule has 0 aromatic carbocycles. The Balaban J connectivity index is 2.48. The Morgan fingerprint density at radius 3 is 2.40 bits per heavy atom. The summed E-state index contributed by atoms with van der Waals surface area (Å²) in [5, 5.41) is 0. The minimum absolute atomic E-state index is 0.128. The van der Waals surface area contributed by atoms with E-state index in [9.17, 15) is 0 Å². The average molecular weight is 251 g/mol. The molecule has 1 unspecified atom stereocenters. The molecule has 1 heterocycles. The van der Waals surface area contributed by atoms with Crippen LogP contribution in [0.15, 0.2) is 0 Å². The van der Waals surface area contributed by atoms with Gasteiger partial charge in [-0.25, -0.2) is 0 Å². The maximum atomic E-state index is 5.70. The first-order chi connectivity index (χ1) is 4.65. The first-order valence-corrected chi connectivity index (χ1v) is 7.57. The molecule has 0 aliphatic carbocycles. The van der Waals surface area contributed by atoms with Gasteiger partial charge < -0.3 is 0 Å². The fourth-order valence-corrected chi connectivity index (χ4v) is 2.86. The van der Waals surface area contributed by atoms with Crippen LogP contribution >= 0.6 is 0 Å². The maximum absolute atomic E-state index is 5.70. The van der Waals surface area contributed by atoms with Crippen molar-refractivity contribution in [1.29, 1.82) is 0 Å². The second-order valence-electron chi connectivity index (χ2n) is 3.18. The van der Waals surface area contributed by atoms with Crippen LogP contribution in [-0.4, -0.2) is 18.8 Å². The van der Waals surface area contributed by atoms with Gasteiger partial charge in [-0.05, 0) is 0 Å². The molecule has 1 atom stereocenters. The third-order valence-corrected chi connectivity index (χ3v) is 7.29. The second-order valence-corrected chi connectivity index (χ2v) is 8.42. The van der Waals surface area contributed by atoms with Crippen LogP contribution in [0.25, 0.3) is 0 Å². The van der Waals surface area contributed by atoms with Crippen LogP contribution in [0, 0.1) is 0 Å². The van der Waals surface area contributed by atoms with E-state index in [1.807, 2.05) is 0 Å². The molecule has 3 heteroatoms. The Morgan fingerprint density at radius 2 is 2.10 bits per heavy atom. The molecule has 0 amide bonds. The van der Waals surface area contributed by atoms with Gasteiger partial charge in [-0.2, -0.15) is 0 Å². The van der Waals surface area contributed by atoms with Crippen LogP contribution in [0.2, 0.25) is 13.1 Å². The van der Waals surface area contributed by atoms with E-state index in [4.69, 9.17) is 4.74 Å². The van der Waals surface area contributed by atoms with Gasteiger partial charge in [-0.3, -0.25) is 0 Å². The summed E-state index contributed by atoms with van der Waals surface area (Å²) in [4.78, 5) is 0. The molecule has 0 spiro atoms. The molecule has 10 heavy (non-hydrogen) atoms. The van der Waals surface area contributed by atoms with Gasteiger partial charge in [0.1, 0.15) is 0 Å². The standard InChI is InChI=1S/C7H15OSi.Ag/c1-9(2)7-5-3-4-6-8-7;/h9H,3-6H2,1-2H3;. The molecular weight excluding hydrogens is 236 g/mol. The summed E-state index contributed by atoms with van der Waals surface area (Å²) >= 11 is 3.72. The van der Waals surface area contributed by atoms with Gasteiger partial charge in [0.25, 0.3) is 0 Å². The molecule has 1 saturated heterocycles. The van der Waals surface area contributed by atoms with Gasteiger partial charge in [0.15, 0.2) is 0 Å². The number of rotatable bonds is 1. The molecule has 0 aromatic rings. The number of hydrogen-bond acceptors (Lipinski definition) is 1. The van der Waals surface area contributed by atoms with Crippen molar-refractivity contribution in [3.05, 3.63) is 0 Å². The molecule has 0 radical (unpaired) electrons. The van der Waals surface area contributed by atoms with Gasteiger partial charge in [0.2, 0.25) is 0 Å². The monoisotopic (exact) mass is 250 g/mol. The first-order valence-electron chi connectivity index (χ1n) is 3.94. The molecule has 1 fully saturated rings. The van der Waals surface area contributed by atoms with Crippen LogP contribution in [0.4, 0.5) is 0 Å². The third-order valence-electron chi connectivity index (χ3n) is 2.04. The molecule has 1 nitrogen and oxygen atoms in total. The summed E-state index contributed by atoms with van der Waals surface area (Å²) in [6.07, 6.45) is 3.79. The Bertz CT molecular complexity index is 110. The SMILES string of the molecule is C[SiH](C)[C]1([Ag])CCCCO1. The minimum atomic E-state index is -0.674. The van der Waals surface area contributed by atoms with Crippen molar-refractivity contribution < 1.29 is 25.8 Å². The third kappa shape index (κ3) is 1.95. The second kappa shape index (κ2) is 3.54. The Labute approximate surface area is 77.0 Å². The summed E-state index contributed by atoms with van der Waals surface area (Å²) in [7, 11) is -0.674. The van der Waals surface area contributed by atoms with E-state index in [1.165, 1.54) is 19.3 Å². The summed E-state index contributed by atoms with van der Waals surface area (Å²) in [6.45, 7) is 5.62. The molecule has 64 valence electrons. The molecule has 1 aliphatic rings. The van der Waals surface area contributed by atoms with E-state index in [2.05, 4.69) is 34.2 Å². The van der Waals surface area contributed by atoms with E-state index in [1.54, 1.807) is 0 Å². The van der Waals surface area contributed by atoms with Crippen molar-refractivity contribution in [2.45, 2.75) is 35.8 Å². The predicted molar refractivity (Wildman–Crippen MR) is 41.4 cm³/mol. The Kier molecular flexibility index (Phi) is 3.19. The summed E-state index contributed by atoms with van der Waals surface area (Å²) in [5.41, 5.74) is 0. The van der Waals surface area contributed by atoms with Crippen molar-refractivity contribution in [3.8, 4) is 0 Å². The van der Waals surface area contributed by atoms with Gasteiger partial charge in [0, 0.05) is 0 Å². The van der Waals surface area contributed by atoms with E-state index < -0.39 is 8.80 Å². The molecule has 0 bridgehead atoms. The normalized spacial score (nSPS) is 34.9. The summed E-state index contributed by atoms with van der Waals surface area (Å²) < 4.78 is 5.83. The quantitative estimate of drug-likeness (QED) is 0.641.